The molecule has 29 heteroatoms. The van der Waals surface area contributed by atoms with Gasteiger partial charge >= 0.3 is 5.97 Å². The largest absolute Gasteiger partial charge is 0.480 e. The minimum atomic E-state index is -1.03. The Morgan fingerprint density at radius 2 is 1.12 bits per heavy atom. The van der Waals surface area contributed by atoms with Gasteiger partial charge < -0.3 is 37.4 Å². The molecule has 6 aromatic heterocycles. The smallest absolute Gasteiger partial charge is 0.325 e. The van der Waals surface area contributed by atoms with Crippen LogP contribution in [0.2, 0.25) is 0 Å². The number of pyridine rings is 2. The van der Waals surface area contributed by atoms with E-state index in [9.17, 15) is 28.8 Å². The molecule has 0 bridgehead atoms. The quantitative estimate of drug-likeness (QED) is 0.0500. The number of amides is 3. The monoisotopic (exact) mass is 1360 g/mol. The summed E-state index contributed by atoms with van der Waals surface area (Å²) in [5, 5.41) is 28.0. The van der Waals surface area contributed by atoms with Gasteiger partial charge in [0.2, 0.25) is 29.6 Å². The Hall–Kier alpha value is -7.34. The molecule has 2 aliphatic heterocycles. The van der Waals surface area contributed by atoms with Crippen molar-refractivity contribution in [3.05, 3.63) is 117 Å². The first-order chi connectivity index (χ1) is 39.5. The highest BCUT2D eigenvalue weighted by molar-refractivity contribution is 9.10. The maximum atomic E-state index is 13.8. The minimum Gasteiger partial charge on any atom is -0.480 e. The Morgan fingerprint density at radius 3 is 1.55 bits per heavy atom. The maximum absolute atomic E-state index is 13.8. The van der Waals surface area contributed by atoms with Gasteiger partial charge in [-0.2, -0.15) is 23.7 Å². The Morgan fingerprint density at radius 1 is 0.659 bits per heavy atom. The third kappa shape index (κ3) is 14.3. The first kappa shape index (κ1) is 65.2. The topological polar surface area (TPSA) is 327 Å². The number of carboxylic acids is 1. The lowest BCUT2D eigenvalue weighted by Crippen LogP contribution is -2.47. The van der Waals surface area contributed by atoms with E-state index in [1.165, 1.54) is 25.0 Å². The second kappa shape index (κ2) is 26.5. The van der Waals surface area contributed by atoms with E-state index in [4.69, 9.17) is 16.6 Å². The molecule has 85 heavy (non-hydrogen) atoms. The van der Waals surface area contributed by atoms with Crippen LogP contribution in [0.25, 0.3) is 44.1 Å². The molecule has 0 radical (unpaired) electrons. The molecule has 4 fully saturated rings. The Labute approximate surface area is 527 Å². The van der Waals surface area contributed by atoms with E-state index < -0.39 is 12.0 Å². The van der Waals surface area contributed by atoms with Crippen molar-refractivity contribution < 1.29 is 33.9 Å². The fourth-order valence-corrected chi connectivity index (χ4v) is 11.3. The third-order valence-electron chi connectivity index (χ3n) is 15.3. The molecular formula is C56H59Br2ClN16O7S3. The van der Waals surface area contributed by atoms with Crippen LogP contribution in [-0.2, 0) is 54.6 Å². The summed E-state index contributed by atoms with van der Waals surface area (Å²) < 4.78 is 4.20. The number of fused-ring (bicyclic) bond motifs is 4. The van der Waals surface area contributed by atoms with Crippen molar-refractivity contribution >= 4 is 161 Å². The molecular weight excluding hydrogens is 1300 g/mol. The standard InChI is InChI=1S/C28H27BrN8O3.C15H13N5O3.C13H16BrN3O.ClH.S2.H2S/c1-14-4-7-22(29)33-25(14)34-26(40)20-9-28(3)10-21(28)37(20)23(39)13-36-19-6-5-16(17-11-31-27(30)32-12-17)8-18(19)24(35-36)15(2)38;1-8(21)14-11-4-9(10-5-17-15(16)18-6-10)2-3-12(11)20(19-14)7-13(22)23;1-7-3-4-10(14)16-11(7)17-12(18)8-5-13(2)6-9(13)15-8;;1-2;/h4-8,11-12,20-21H,9-10,13H2,1-3H3,(H2,30,31,32)(H,33,34,40);2-6H,7H2,1H3,(H,22,23)(H2,16,17,18);3-4,8-9,15H,5-6H2,1-2H3,(H,16,17,18);1H;;1H2/t20-,21+,28-;;8-,9+,13-;;;/m0.0.../s1. The first-order valence-corrected chi connectivity index (χ1v) is 28.9. The lowest BCUT2D eigenvalue weighted by Gasteiger charge is -2.27. The number of anilines is 4. The van der Waals surface area contributed by atoms with Gasteiger partial charge in [0.1, 0.15) is 51.4 Å². The molecule has 4 aliphatic rings. The van der Waals surface area contributed by atoms with Gasteiger partial charge in [-0.3, -0.25) is 38.1 Å². The highest BCUT2D eigenvalue weighted by Gasteiger charge is 2.64. The highest BCUT2D eigenvalue weighted by Crippen LogP contribution is 2.59. The van der Waals surface area contributed by atoms with Gasteiger partial charge in [-0.05, 0) is 141 Å². The summed E-state index contributed by atoms with van der Waals surface area (Å²) in [5.74, 6) is -0.487. The molecule has 0 spiro atoms. The van der Waals surface area contributed by atoms with Gasteiger partial charge in [0, 0.05) is 95.0 Å². The number of carboxylic acid groups (broad SMARTS) is 1. The van der Waals surface area contributed by atoms with Crippen molar-refractivity contribution in [3.8, 4) is 22.3 Å². The molecule has 2 aliphatic carbocycles. The fraction of sp³-hybridized carbons (Fsp3) is 0.321. The summed E-state index contributed by atoms with van der Waals surface area (Å²) in [7, 11) is 0. The van der Waals surface area contributed by atoms with Crippen LogP contribution in [0.15, 0.2) is 94.7 Å². The van der Waals surface area contributed by atoms with Crippen molar-refractivity contribution in [2.75, 3.05) is 22.1 Å². The second-order valence-corrected chi connectivity index (χ2v) is 23.1. The van der Waals surface area contributed by atoms with E-state index in [0.717, 1.165) is 50.8 Å². The van der Waals surface area contributed by atoms with Crippen molar-refractivity contribution in [3.63, 3.8) is 0 Å². The van der Waals surface area contributed by atoms with E-state index in [0.29, 0.717) is 55.9 Å². The number of likely N-dealkylation sites (tertiary alicyclic amines) is 1. The fourth-order valence-electron chi connectivity index (χ4n) is 10.6. The van der Waals surface area contributed by atoms with Crippen LogP contribution in [0.1, 0.15) is 85.5 Å². The molecule has 12 rings (SSSR count). The molecule has 2 saturated heterocycles. The number of carbonyl (C=O) groups excluding carboxylic acids is 5. The zero-order valence-electron chi connectivity index (χ0n) is 46.6. The second-order valence-electron chi connectivity index (χ2n) is 21.4. The lowest BCUT2D eigenvalue weighted by atomic mass is 10.0. The molecule has 8 aromatic rings. The number of aliphatic carboxylic acids is 1. The summed E-state index contributed by atoms with van der Waals surface area (Å²) in [6.07, 6.45) is 9.94. The van der Waals surface area contributed by atoms with E-state index in [-0.39, 0.29) is 109 Å². The summed E-state index contributed by atoms with van der Waals surface area (Å²) in [6.45, 7) is 10.6. The Balaban J connectivity index is 0.000000195. The highest BCUT2D eigenvalue weighted by atomic mass is 79.9. The van der Waals surface area contributed by atoms with Crippen LogP contribution >= 0.6 is 57.8 Å². The number of nitrogen functional groups attached to an aromatic ring is 2. The van der Waals surface area contributed by atoms with Crippen molar-refractivity contribution in [1.82, 2.24) is 59.7 Å². The molecule has 8 N–H and O–H groups in total. The van der Waals surface area contributed by atoms with Gasteiger partial charge in [0.15, 0.2) is 11.6 Å². The number of Topliss-reactive ketones (excluding diaryl/α,β-unsaturated/α-hetero) is 2. The van der Waals surface area contributed by atoms with E-state index >= 15 is 0 Å². The van der Waals surface area contributed by atoms with Gasteiger partial charge in [0.05, 0.1) is 17.1 Å². The molecule has 2 saturated carbocycles. The number of aryl methyl sites for hydroxylation is 2. The molecule has 23 nitrogen and oxygen atoms in total. The molecule has 2 aromatic carbocycles. The Bertz CT molecular complexity index is 3920. The summed E-state index contributed by atoms with van der Waals surface area (Å²) >= 11 is 14.0. The van der Waals surface area contributed by atoms with Crippen LogP contribution in [-0.4, -0.2) is 119 Å². The number of nitrogens with two attached hydrogens (primary N) is 2. The molecule has 8 heterocycles. The van der Waals surface area contributed by atoms with E-state index in [2.05, 4.69) is 124 Å². The van der Waals surface area contributed by atoms with Crippen LogP contribution in [0.4, 0.5) is 23.5 Å². The SMILES string of the molecule is CC(=O)c1nn(CC(=O)N2[C@H](C(=O)Nc3nc(Br)ccc3C)C[C@@]3(C)C[C@@H]23)c2ccc(-c3cnc(N)nc3)cc12.CC(=O)c1nn(CC(=O)O)c2ccc(-c3cnc(N)nc3)cc12.Cc1ccc(Br)nc1NC(=O)[C@@H]1C[C@@]2(C)C[C@H]2N1.Cl.S.S=S. The number of carbonyl (C=O) groups is 6. The van der Waals surface area contributed by atoms with Crippen LogP contribution < -0.4 is 27.4 Å². The number of aromatic nitrogens is 10. The van der Waals surface area contributed by atoms with Crippen molar-refractivity contribution in [1.29, 1.82) is 0 Å². The molecule has 6 atom stereocenters. The van der Waals surface area contributed by atoms with Gasteiger partial charge in [-0.15, -0.1) is 12.4 Å². The predicted octanol–water partition coefficient (Wildman–Crippen LogP) is 7.89. The number of nitrogens with zero attached hydrogens (tertiary/aromatic N) is 11. The number of rotatable bonds is 12. The number of benzene rings is 2. The van der Waals surface area contributed by atoms with Crippen LogP contribution in [0.5, 0.6) is 0 Å². The molecule has 3 amide bonds. The van der Waals surface area contributed by atoms with Gasteiger partial charge in [-0.25, -0.2) is 29.9 Å². The molecule has 444 valence electrons. The van der Waals surface area contributed by atoms with E-state index in [1.807, 2.05) is 56.3 Å². The number of halogens is 3. The maximum Gasteiger partial charge on any atom is 0.325 e. The summed E-state index contributed by atoms with van der Waals surface area (Å²) in [5.41, 5.74) is 17.9. The lowest BCUT2D eigenvalue weighted by molar-refractivity contribution is -0.138. The first-order valence-electron chi connectivity index (χ1n) is 26.0. The zero-order chi connectivity index (χ0) is 59.8. The minimum absolute atomic E-state index is 0. The van der Waals surface area contributed by atoms with Crippen LogP contribution in [0, 0.1) is 24.7 Å². The summed E-state index contributed by atoms with van der Waals surface area (Å²) in [6, 6.07) is 18.1. The Kier molecular flexibility index (Phi) is 20.3. The van der Waals surface area contributed by atoms with E-state index in [1.54, 1.807) is 52.6 Å². The summed E-state index contributed by atoms with van der Waals surface area (Å²) in [4.78, 5) is 101. The average molecular weight is 1360 g/mol. The van der Waals surface area contributed by atoms with Gasteiger partial charge in [-0.1, -0.05) is 38.1 Å². The van der Waals surface area contributed by atoms with Crippen LogP contribution in [0.3, 0.4) is 0 Å². The number of nitrogens with one attached hydrogen (secondary N) is 3. The number of ketones is 2. The third-order valence-corrected chi connectivity index (χ3v) is 16.2. The zero-order valence-corrected chi connectivity index (χ0v) is 53.2. The predicted molar refractivity (Wildman–Crippen MR) is 341 cm³/mol. The van der Waals surface area contributed by atoms with Crippen molar-refractivity contribution in [2.45, 2.75) is 104 Å². The molecule has 0 unspecified atom stereocenters. The number of hydrogen-bond donors (Lipinski definition) is 6. The van der Waals surface area contributed by atoms with Crippen molar-refractivity contribution in [2.24, 2.45) is 10.8 Å². The van der Waals surface area contributed by atoms with Gasteiger partial charge in [0.25, 0.3) is 0 Å². The number of piperidine rings is 2. The average Bonchev–Trinajstić information content (AvgIpc) is 1.61. The number of hydrogen-bond acceptors (Lipinski definition) is 19. The normalized spacial score (nSPS) is 20.0.